The number of methoxy groups -OCH3 is 1. The third kappa shape index (κ3) is 4.54. The van der Waals surface area contributed by atoms with Crippen LogP contribution in [-0.2, 0) is 20.9 Å². The zero-order chi connectivity index (χ0) is 18.4. The van der Waals surface area contributed by atoms with Crippen molar-refractivity contribution in [3.05, 3.63) is 59.7 Å². The Morgan fingerprint density at radius 2 is 1.88 bits per heavy atom. The van der Waals surface area contributed by atoms with E-state index in [0.29, 0.717) is 19.7 Å². The first-order valence-corrected chi connectivity index (χ1v) is 9.04. The van der Waals surface area contributed by atoms with Gasteiger partial charge in [0.2, 0.25) is 0 Å². The molecule has 1 heterocycles. The van der Waals surface area contributed by atoms with Crippen molar-refractivity contribution in [2.75, 3.05) is 20.2 Å². The second kappa shape index (κ2) is 8.21. The number of carbonyl (C=O) groups excluding carboxylic acids is 2. The van der Waals surface area contributed by atoms with E-state index in [2.05, 4.69) is 10.8 Å². The lowest BCUT2D eigenvalue weighted by Gasteiger charge is -2.41. The lowest BCUT2D eigenvalue weighted by Crippen LogP contribution is -2.43. The molecule has 0 radical (unpaired) electrons. The van der Waals surface area contributed by atoms with Gasteiger partial charge in [-0.2, -0.15) is 0 Å². The van der Waals surface area contributed by atoms with Crippen LogP contribution in [0.2, 0.25) is 0 Å². The number of piperidine rings is 1. The Bertz CT molecular complexity index is 700. The topological polar surface area (TPSA) is 55.8 Å². The fraction of sp³-hybridized carbons (Fsp3) is 0.429. The van der Waals surface area contributed by atoms with Gasteiger partial charge in [0.25, 0.3) is 0 Å². The highest BCUT2D eigenvalue weighted by molar-refractivity contribution is 5.83. The molecule has 5 nitrogen and oxygen atoms in total. The van der Waals surface area contributed by atoms with E-state index in [4.69, 9.17) is 4.74 Å². The second-order valence-corrected chi connectivity index (χ2v) is 6.97. The highest BCUT2D eigenvalue weighted by Gasteiger charge is 2.35. The Morgan fingerprint density at radius 1 is 1.15 bits per heavy atom. The maximum Gasteiger partial charge on any atom is 0.410 e. The zero-order valence-corrected chi connectivity index (χ0v) is 15.1. The minimum atomic E-state index is -0.309. The number of likely N-dealkylation sites (tertiary alicyclic amines) is 1. The molecule has 1 fully saturated rings. The molecule has 3 rings (SSSR count). The molecule has 138 valence electrons. The van der Waals surface area contributed by atoms with Gasteiger partial charge in [-0.25, -0.2) is 9.59 Å². The van der Waals surface area contributed by atoms with Crippen molar-refractivity contribution in [1.82, 2.24) is 4.90 Å². The molecule has 0 bridgehead atoms. The highest BCUT2D eigenvalue weighted by Crippen LogP contribution is 2.42. The van der Waals surface area contributed by atoms with Crippen molar-refractivity contribution >= 4 is 12.1 Å². The third-order valence-electron chi connectivity index (χ3n) is 5.29. The normalized spacial score (nSPS) is 20.2. The Kier molecular flexibility index (Phi) is 5.76. The fourth-order valence-electron chi connectivity index (χ4n) is 3.54. The molecular weight excluding hydrogens is 330 g/mol. The lowest BCUT2D eigenvalue weighted by molar-refractivity contribution is -0.134. The molecule has 1 aliphatic carbocycles. The van der Waals surface area contributed by atoms with Gasteiger partial charge in [-0.15, -0.1) is 0 Å². The van der Waals surface area contributed by atoms with E-state index in [0.717, 1.165) is 36.8 Å². The van der Waals surface area contributed by atoms with Crippen LogP contribution in [0.4, 0.5) is 4.79 Å². The summed E-state index contributed by atoms with van der Waals surface area (Å²) < 4.78 is 10.1. The Morgan fingerprint density at radius 3 is 2.50 bits per heavy atom. The van der Waals surface area contributed by atoms with Crippen LogP contribution in [0.5, 0.6) is 0 Å². The van der Waals surface area contributed by atoms with Crippen LogP contribution < -0.4 is 0 Å². The molecule has 0 atom stereocenters. The highest BCUT2D eigenvalue weighted by atomic mass is 16.6. The molecule has 0 N–H and O–H groups in total. The van der Waals surface area contributed by atoms with Gasteiger partial charge in [-0.3, -0.25) is 0 Å². The number of hydrogen-bond donors (Lipinski definition) is 0. The summed E-state index contributed by atoms with van der Waals surface area (Å²) in [6.45, 7) is 1.71. The average Bonchev–Trinajstić information content (AvgIpc) is 2.69. The first-order chi connectivity index (χ1) is 12.6. The summed E-state index contributed by atoms with van der Waals surface area (Å²) in [5.74, 6) is -0.309. The molecule has 0 aromatic heterocycles. The summed E-state index contributed by atoms with van der Waals surface area (Å²) in [6.07, 6.45) is 9.27. The minimum Gasteiger partial charge on any atom is -0.466 e. The number of benzene rings is 1. The van der Waals surface area contributed by atoms with E-state index in [9.17, 15) is 9.59 Å². The van der Waals surface area contributed by atoms with Gasteiger partial charge in [-0.05, 0) is 42.2 Å². The molecule has 1 aliphatic heterocycles. The van der Waals surface area contributed by atoms with Gasteiger partial charge in [0.1, 0.15) is 6.61 Å². The van der Waals surface area contributed by atoms with E-state index in [-0.39, 0.29) is 17.5 Å². The van der Waals surface area contributed by atoms with Gasteiger partial charge in [-0.1, -0.05) is 42.5 Å². The van der Waals surface area contributed by atoms with Crippen LogP contribution in [0.1, 0.15) is 31.2 Å². The van der Waals surface area contributed by atoms with Gasteiger partial charge in [0.15, 0.2) is 0 Å². The van der Waals surface area contributed by atoms with Gasteiger partial charge in [0.05, 0.1) is 7.11 Å². The number of hydrogen-bond acceptors (Lipinski definition) is 4. The second-order valence-electron chi connectivity index (χ2n) is 6.97. The molecule has 0 unspecified atom stereocenters. The molecule has 1 aromatic rings. The minimum absolute atomic E-state index is 0.129. The smallest absolute Gasteiger partial charge is 0.410 e. The van der Waals surface area contributed by atoms with Crippen molar-refractivity contribution in [3.8, 4) is 0 Å². The van der Waals surface area contributed by atoms with Crippen LogP contribution in [0.3, 0.4) is 0 Å². The van der Waals surface area contributed by atoms with Crippen LogP contribution in [0, 0.1) is 5.41 Å². The van der Waals surface area contributed by atoms with Crippen LogP contribution >= 0.6 is 0 Å². The molecule has 5 heteroatoms. The molecule has 0 saturated carbocycles. The van der Waals surface area contributed by atoms with E-state index in [1.807, 2.05) is 36.4 Å². The molecule has 1 spiro atoms. The number of amides is 1. The van der Waals surface area contributed by atoms with E-state index in [1.54, 1.807) is 11.0 Å². The van der Waals surface area contributed by atoms with Crippen molar-refractivity contribution in [2.45, 2.75) is 32.3 Å². The number of nitrogens with zero attached hydrogens (tertiary/aromatic N) is 1. The SMILES string of the molecule is COC(=O)C=C1C=CC2(CC1)CCN(C(=O)OCc1ccccc1)CC2. The molecule has 1 amide bonds. The molecule has 2 aliphatic rings. The number of allylic oxidation sites excluding steroid dienone is 3. The van der Waals surface area contributed by atoms with E-state index >= 15 is 0 Å². The Labute approximate surface area is 154 Å². The number of carbonyl (C=O) groups is 2. The summed E-state index contributed by atoms with van der Waals surface area (Å²) in [5.41, 5.74) is 2.13. The molecular formula is C21H25NO4. The summed E-state index contributed by atoms with van der Waals surface area (Å²) in [4.78, 5) is 25.4. The number of esters is 1. The quantitative estimate of drug-likeness (QED) is 0.610. The maximum atomic E-state index is 12.3. The predicted octanol–water partition coefficient (Wildman–Crippen LogP) is 3.85. The molecule has 26 heavy (non-hydrogen) atoms. The maximum absolute atomic E-state index is 12.3. The van der Waals surface area contributed by atoms with E-state index in [1.165, 1.54) is 7.11 Å². The van der Waals surface area contributed by atoms with Crippen LogP contribution in [0.15, 0.2) is 54.1 Å². The Hall–Kier alpha value is -2.56. The monoisotopic (exact) mass is 355 g/mol. The van der Waals surface area contributed by atoms with E-state index < -0.39 is 0 Å². The first kappa shape index (κ1) is 18.2. The number of rotatable bonds is 3. The van der Waals surface area contributed by atoms with Gasteiger partial charge >= 0.3 is 12.1 Å². The molecule has 1 aromatic carbocycles. The summed E-state index contributed by atoms with van der Waals surface area (Å²) in [7, 11) is 1.39. The summed E-state index contributed by atoms with van der Waals surface area (Å²) in [6, 6.07) is 9.71. The lowest BCUT2D eigenvalue weighted by atomic mass is 9.71. The third-order valence-corrected chi connectivity index (χ3v) is 5.29. The standard InChI is InChI=1S/C21H25NO4/c1-25-19(23)15-17-7-9-21(10-8-17)11-13-22(14-12-21)20(24)26-16-18-5-3-2-4-6-18/h2-7,9,15H,8,10-14,16H2,1H3. The van der Waals surface area contributed by atoms with Crippen molar-refractivity contribution in [3.63, 3.8) is 0 Å². The van der Waals surface area contributed by atoms with Crippen molar-refractivity contribution < 1.29 is 19.1 Å². The van der Waals surface area contributed by atoms with Gasteiger partial charge in [0, 0.05) is 19.2 Å². The average molecular weight is 355 g/mol. The first-order valence-electron chi connectivity index (χ1n) is 9.04. The fourth-order valence-corrected chi connectivity index (χ4v) is 3.54. The summed E-state index contributed by atoms with van der Waals surface area (Å²) >= 11 is 0. The summed E-state index contributed by atoms with van der Waals surface area (Å²) in [5, 5.41) is 0. The Balaban J connectivity index is 1.50. The van der Waals surface area contributed by atoms with Gasteiger partial charge < -0.3 is 14.4 Å². The largest absolute Gasteiger partial charge is 0.466 e. The van der Waals surface area contributed by atoms with Crippen LogP contribution in [-0.4, -0.2) is 37.2 Å². The predicted molar refractivity (Wildman–Crippen MR) is 98.3 cm³/mol. The number of ether oxygens (including phenoxy) is 2. The van der Waals surface area contributed by atoms with Crippen molar-refractivity contribution in [1.29, 1.82) is 0 Å². The van der Waals surface area contributed by atoms with Crippen LogP contribution in [0.25, 0.3) is 0 Å². The zero-order valence-electron chi connectivity index (χ0n) is 15.1. The molecule has 1 saturated heterocycles. The van der Waals surface area contributed by atoms with Crippen molar-refractivity contribution in [2.24, 2.45) is 5.41 Å².